The monoisotopic (exact) mass is 513 g/mol. The SMILES string of the molecule is C=C1c2ccccc2C(OCc2cc(OC)c(O)c(OC)c2)(c2ccc(Cl)cc2)N1Cc1ccccc1. The zero-order valence-corrected chi connectivity index (χ0v) is 21.5. The molecular formula is C31H28ClNO4. The molecule has 1 atom stereocenters. The first-order valence-electron chi connectivity index (χ1n) is 11.9. The Morgan fingerprint density at radius 2 is 1.46 bits per heavy atom. The summed E-state index contributed by atoms with van der Waals surface area (Å²) in [4.78, 5) is 2.20. The van der Waals surface area contributed by atoms with Crippen molar-refractivity contribution in [1.82, 2.24) is 4.90 Å². The van der Waals surface area contributed by atoms with E-state index in [0.29, 0.717) is 23.1 Å². The van der Waals surface area contributed by atoms with Crippen molar-refractivity contribution in [2.24, 2.45) is 0 Å². The number of fused-ring (bicyclic) bond motifs is 1. The number of benzene rings is 4. The van der Waals surface area contributed by atoms with Gasteiger partial charge >= 0.3 is 0 Å². The van der Waals surface area contributed by atoms with Crippen LogP contribution in [0, 0.1) is 0 Å². The Morgan fingerprint density at radius 3 is 2.11 bits per heavy atom. The minimum Gasteiger partial charge on any atom is -0.502 e. The average Bonchev–Trinajstić information content (AvgIpc) is 3.17. The highest BCUT2D eigenvalue weighted by atomic mass is 35.5. The standard InChI is InChI=1S/C31H28ClNO4/c1-21-26-11-7-8-12-27(26)31(24-13-15-25(32)16-14-24,33(21)19-22-9-5-4-6-10-22)37-20-23-17-28(35-2)30(34)29(18-23)36-3/h4-18,34H,1,19-20H2,2-3H3. The van der Waals surface area contributed by atoms with E-state index in [4.69, 9.17) is 25.8 Å². The number of methoxy groups -OCH3 is 2. The van der Waals surface area contributed by atoms with Gasteiger partial charge in [-0.05, 0) is 35.4 Å². The van der Waals surface area contributed by atoms with Crippen LogP contribution in [0.3, 0.4) is 0 Å². The molecule has 4 aromatic rings. The van der Waals surface area contributed by atoms with Crippen LogP contribution in [-0.2, 0) is 23.6 Å². The number of ether oxygens (including phenoxy) is 3. The van der Waals surface area contributed by atoms with Crippen molar-refractivity contribution in [3.05, 3.63) is 130 Å². The topological polar surface area (TPSA) is 51.2 Å². The minimum absolute atomic E-state index is 0.0496. The van der Waals surface area contributed by atoms with Crippen LogP contribution in [0.1, 0.15) is 27.8 Å². The van der Waals surface area contributed by atoms with Gasteiger partial charge in [0.1, 0.15) is 0 Å². The molecule has 1 aliphatic rings. The number of phenols is 1. The number of aromatic hydroxyl groups is 1. The van der Waals surface area contributed by atoms with Gasteiger partial charge < -0.3 is 24.2 Å². The minimum atomic E-state index is -0.980. The number of hydrogen-bond donors (Lipinski definition) is 1. The smallest absolute Gasteiger partial charge is 0.200 e. The zero-order chi connectivity index (χ0) is 26.0. The Balaban J connectivity index is 1.66. The van der Waals surface area contributed by atoms with Crippen LogP contribution < -0.4 is 9.47 Å². The molecule has 0 amide bonds. The lowest BCUT2D eigenvalue weighted by molar-refractivity contribution is -0.114. The molecule has 0 radical (unpaired) electrons. The van der Waals surface area contributed by atoms with Crippen LogP contribution in [0.4, 0.5) is 0 Å². The van der Waals surface area contributed by atoms with Crippen molar-refractivity contribution in [2.45, 2.75) is 18.9 Å². The molecule has 6 heteroatoms. The van der Waals surface area contributed by atoms with Gasteiger partial charge in [-0.15, -0.1) is 0 Å². The second-order valence-electron chi connectivity index (χ2n) is 8.85. The van der Waals surface area contributed by atoms with Gasteiger partial charge in [0.15, 0.2) is 17.2 Å². The molecule has 5 nitrogen and oxygen atoms in total. The van der Waals surface area contributed by atoms with Crippen LogP contribution in [-0.4, -0.2) is 24.2 Å². The first-order chi connectivity index (χ1) is 18.0. The van der Waals surface area contributed by atoms with Crippen LogP contribution in [0.25, 0.3) is 5.70 Å². The summed E-state index contributed by atoms with van der Waals surface area (Å²) in [5, 5.41) is 11.0. The normalized spacial score (nSPS) is 16.5. The largest absolute Gasteiger partial charge is 0.502 e. The summed E-state index contributed by atoms with van der Waals surface area (Å²) in [6.45, 7) is 5.27. The van der Waals surface area contributed by atoms with E-state index in [-0.39, 0.29) is 12.4 Å². The summed E-state index contributed by atoms with van der Waals surface area (Å²) >= 11 is 6.29. The maximum Gasteiger partial charge on any atom is 0.200 e. The summed E-state index contributed by atoms with van der Waals surface area (Å²) in [6.07, 6.45) is 0. The quantitative estimate of drug-likeness (QED) is 0.276. The van der Waals surface area contributed by atoms with E-state index >= 15 is 0 Å². The molecular weight excluding hydrogens is 486 g/mol. The van der Waals surface area contributed by atoms with E-state index in [1.54, 1.807) is 12.1 Å². The molecule has 0 bridgehead atoms. The lowest BCUT2D eigenvalue weighted by Crippen LogP contribution is -2.43. The molecule has 0 aromatic heterocycles. The van der Waals surface area contributed by atoms with E-state index in [9.17, 15) is 5.11 Å². The Labute approximate surface area is 222 Å². The molecule has 1 unspecified atom stereocenters. The van der Waals surface area contributed by atoms with Gasteiger partial charge in [-0.2, -0.15) is 0 Å². The maximum absolute atomic E-state index is 10.4. The van der Waals surface area contributed by atoms with E-state index in [0.717, 1.165) is 33.5 Å². The fourth-order valence-electron chi connectivity index (χ4n) is 4.93. The molecule has 4 aromatic carbocycles. The van der Waals surface area contributed by atoms with Crippen molar-refractivity contribution in [1.29, 1.82) is 0 Å². The van der Waals surface area contributed by atoms with Gasteiger partial charge in [-0.3, -0.25) is 0 Å². The molecule has 1 N–H and O–H groups in total. The van der Waals surface area contributed by atoms with E-state index in [1.807, 2.05) is 54.6 Å². The highest BCUT2D eigenvalue weighted by Crippen LogP contribution is 2.51. The molecule has 0 saturated heterocycles. The average molecular weight is 514 g/mol. The van der Waals surface area contributed by atoms with E-state index in [1.165, 1.54) is 14.2 Å². The Morgan fingerprint density at radius 1 is 0.838 bits per heavy atom. The lowest BCUT2D eigenvalue weighted by atomic mass is 9.93. The van der Waals surface area contributed by atoms with Gasteiger partial charge in [0.05, 0.1) is 20.8 Å². The van der Waals surface area contributed by atoms with Crippen molar-refractivity contribution in [3.63, 3.8) is 0 Å². The third-order valence-corrected chi connectivity index (χ3v) is 6.97. The van der Waals surface area contributed by atoms with Crippen molar-refractivity contribution in [2.75, 3.05) is 14.2 Å². The lowest BCUT2D eigenvalue weighted by Gasteiger charge is -2.41. The maximum atomic E-state index is 10.4. The van der Waals surface area contributed by atoms with Crippen LogP contribution >= 0.6 is 11.6 Å². The predicted octanol–water partition coefficient (Wildman–Crippen LogP) is 6.97. The van der Waals surface area contributed by atoms with Crippen molar-refractivity contribution < 1.29 is 19.3 Å². The second kappa shape index (κ2) is 10.2. The predicted molar refractivity (Wildman–Crippen MR) is 146 cm³/mol. The third-order valence-electron chi connectivity index (χ3n) is 6.72. The first-order valence-corrected chi connectivity index (χ1v) is 12.3. The van der Waals surface area contributed by atoms with Crippen LogP contribution in [0.15, 0.2) is 97.6 Å². The highest BCUT2D eigenvalue weighted by Gasteiger charge is 2.49. The first kappa shape index (κ1) is 24.8. The number of phenolic OH excluding ortho intramolecular Hbond substituents is 1. The van der Waals surface area contributed by atoms with Gasteiger partial charge in [-0.25, -0.2) is 0 Å². The fourth-order valence-corrected chi connectivity index (χ4v) is 5.05. The summed E-state index contributed by atoms with van der Waals surface area (Å²) in [7, 11) is 3.01. The highest BCUT2D eigenvalue weighted by molar-refractivity contribution is 6.30. The summed E-state index contributed by atoms with van der Waals surface area (Å²) < 4.78 is 17.7. The summed E-state index contributed by atoms with van der Waals surface area (Å²) in [6, 6.07) is 29.7. The van der Waals surface area contributed by atoms with Gasteiger partial charge in [0, 0.05) is 34.0 Å². The molecule has 37 heavy (non-hydrogen) atoms. The molecule has 0 fully saturated rings. The third kappa shape index (κ3) is 4.41. The molecule has 0 aliphatic carbocycles. The molecule has 0 saturated carbocycles. The molecule has 0 spiro atoms. The Bertz CT molecular complexity index is 1400. The summed E-state index contributed by atoms with van der Waals surface area (Å²) in [5.74, 6) is 0.582. The molecule has 188 valence electrons. The fraction of sp³-hybridized carbons (Fsp3) is 0.161. The molecule has 5 rings (SSSR count). The van der Waals surface area contributed by atoms with Gasteiger partial charge in [0.25, 0.3) is 0 Å². The number of rotatable bonds is 8. The van der Waals surface area contributed by atoms with Gasteiger partial charge in [-0.1, -0.05) is 84.9 Å². The van der Waals surface area contributed by atoms with E-state index < -0.39 is 5.72 Å². The zero-order valence-electron chi connectivity index (χ0n) is 20.8. The number of hydrogen-bond acceptors (Lipinski definition) is 5. The number of halogens is 1. The Hall–Kier alpha value is -3.93. The van der Waals surface area contributed by atoms with Crippen molar-refractivity contribution >= 4 is 17.3 Å². The second-order valence-corrected chi connectivity index (χ2v) is 9.29. The van der Waals surface area contributed by atoms with Gasteiger partial charge in [0.2, 0.25) is 5.75 Å². The Kier molecular flexibility index (Phi) is 6.83. The molecule has 1 aliphatic heterocycles. The van der Waals surface area contributed by atoms with E-state index in [2.05, 4.69) is 35.7 Å². The molecule has 1 heterocycles. The van der Waals surface area contributed by atoms with Crippen LogP contribution in [0.2, 0.25) is 5.02 Å². The summed E-state index contributed by atoms with van der Waals surface area (Å²) in [5.41, 5.74) is 4.75. The number of nitrogens with zero attached hydrogens (tertiary/aromatic N) is 1. The van der Waals surface area contributed by atoms with Crippen molar-refractivity contribution in [3.8, 4) is 17.2 Å². The van der Waals surface area contributed by atoms with Crippen LogP contribution in [0.5, 0.6) is 17.2 Å².